The van der Waals surface area contributed by atoms with E-state index in [0.29, 0.717) is 10.8 Å². The van der Waals surface area contributed by atoms with E-state index in [1.807, 2.05) is 26.8 Å². The number of halogens is 2. The van der Waals surface area contributed by atoms with Gasteiger partial charge in [-0.2, -0.15) is 13.9 Å². The molecule has 0 bridgehead atoms. The molecule has 1 aromatic carbocycles. The second-order valence-corrected chi connectivity index (χ2v) is 7.57. The lowest BCUT2D eigenvalue weighted by Gasteiger charge is -2.13. The van der Waals surface area contributed by atoms with Crippen LogP contribution in [0.3, 0.4) is 0 Å². The number of aromatic nitrogens is 3. The number of carbonyl (C=O) groups excluding carboxylic acids is 1. The molecule has 6 nitrogen and oxygen atoms in total. The molecule has 1 atom stereocenters. The molecule has 148 valence electrons. The Hall–Kier alpha value is -2.81. The van der Waals surface area contributed by atoms with Crippen LogP contribution in [0.15, 0.2) is 30.3 Å². The predicted molar refractivity (Wildman–Crippen MR) is 104 cm³/mol. The van der Waals surface area contributed by atoms with Crippen molar-refractivity contribution in [3.05, 3.63) is 46.6 Å². The lowest BCUT2D eigenvalue weighted by atomic mass is 10.1. The second-order valence-electron chi connectivity index (χ2n) is 6.36. The molecule has 0 aliphatic carbocycles. The minimum Gasteiger partial charge on any atom is -0.435 e. The average molecular weight is 406 g/mol. The Kier molecular flexibility index (Phi) is 5.73. The molecule has 0 aliphatic heterocycles. The number of ether oxygens (including phenoxy) is 1. The van der Waals surface area contributed by atoms with E-state index in [-0.39, 0.29) is 11.7 Å². The van der Waals surface area contributed by atoms with Gasteiger partial charge < -0.3 is 10.1 Å². The Morgan fingerprint density at radius 2 is 1.89 bits per heavy atom. The normalized spacial score (nSPS) is 12.2. The SMILES string of the molecule is Cc1cc(C)n(C(C)C(=O)Nc2nc(-c3ccc(OC(F)F)cc3)c(C)s2)n1. The molecule has 3 aromatic rings. The van der Waals surface area contributed by atoms with Crippen LogP contribution in [-0.2, 0) is 4.79 Å². The fourth-order valence-corrected chi connectivity index (χ4v) is 3.71. The molecule has 0 saturated heterocycles. The summed E-state index contributed by atoms with van der Waals surface area (Å²) in [4.78, 5) is 18.0. The van der Waals surface area contributed by atoms with Crippen molar-refractivity contribution in [3.8, 4) is 17.0 Å². The fraction of sp³-hybridized carbons (Fsp3) is 0.316. The summed E-state index contributed by atoms with van der Waals surface area (Å²) in [6.07, 6.45) is 0. The van der Waals surface area contributed by atoms with Crippen molar-refractivity contribution in [2.75, 3.05) is 5.32 Å². The highest BCUT2D eigenvalue weighted by Gasteiger charge is 2.20. The van der Waals surface area contributed by atoms with Gasteiger partial charge in [0.05, 0.1) is 11.4 Å². The van der Waals surface area contributed by atoms with Crippen LogP contribution in [0.5, 0.6) is 5.75 Å². The Bertz CT molecular complexity index is 982. The van der Waals surface area contributed by atoms with Crippen LogP contribution < -0.4 is 10.1 Å². The van der Waals surface area contributed by atoms with Gasteiger partial charge in [-0.15, -0.1) is 11.3 Å². The van der Waals surface area contributed by atoms with Crippen LogP contribution in [0.4, 0.5) is 13.9 Å². The van der Waals surface area contributed by atoms with Crippen molar-refractivity contribution < 1.29 is 18.3 Å². The molecule has 0 spiro atoms. The molecule has 0 radical (unpaired) electrons. The van der Waals surface area contributed by atoms with Crippen molar-refractivity contribution in [2.45, 2.75) is 40.3 Å². The maximum Gasteiger partial charge on any atom is 0.387 e. The van der Waals surface area contributed by atoms with Gasteiger partial charge in [0.25, 0.3) is 5.91 Å². The third-order valence-electron chi connectivity index (χ3n) is 4.17. The van der Waals surface area contributed by atoms with Gasteiger partial charge in [0, 0.05) is 16.1 Å². The van der Waals surface area contributed by atoms with Crippen LogP contribution in [0.1, 0.15) is 29.2 Å². The van der Waals surface area contributed by atoms with Gasteiger partial charge in [-0.25, -0.2) is 4.98 Å². The summed E-state index contributed by atoms with van der Waals surface area (Å²) >= 11 is 1.35. The molecule has 1 N–H and O–H groups in total. The highest BCUT2D eigenvalue weighted by atomic mass is 32.1. The largest absolute Gasteiger partial charge is 0.435 e. The second kappa shape index (κ2) is 8.05. The number of hydrogen-bond donors (Lipinski definition) is 1. The number of nitrogens with zero attached hydrogens (tertiary/aromatic N) is 3. The summed E-state index contributed by atoms with van der Waals surface area (Å²) in [6, 6.07) is 7.67. The highest BCUT2D eigenvalue weighted by Crippen LogP contribution is 2.32. The van der Waals surface area contributed by atoms with Crippen molar-refractivity contribution >= 4 is 22.4 Å². The molecule has 2 aromatic heterocycles. The van der Waals surface area contributed by atoms with Crippen molar-refractivity contribution in [3.63, 3.8) is 0 Å². The number of amides is 1. The summed E-state index contributed by atoms with van der Waals surface area (Å²) in [5.41, 5.74) is 3.19. The topological polar surface area (TPSA) is 69.0 Å². The predicted octanol–water partition coefficient (Wildman–Crippen LogP) is 4.73. The first-order chi connectivity index (χ1) is 13.2. The summed E-state index contributed by atoms with van der Waals surface area (Å²) in [5.74, 6) is -0.133. The number of thiazole rings is 1. The molecule has 1 amide bonds. The van der Waals surface area contributed by atoms with Crippen LogP contribution in [0.25, 0.3) is 11.3 Å². The summed E-state index contributed by atoms with van der Waals surface area (Å²) in [6.45, 7) is 4.58. The molecule has 3 rings (SSSR count). The minimum atomic E-state index is -2.86. The number of carbonyl (C=O) groups is 1. The quantitative estimate of drug-likeness (QED) is 0.642. The van der Waals surface area contributed by atoms with Gasteiger partial charge in [0.2, 0.25) is 0 Å². The first-order valence-electron chi connectivity index (χ1n) is 8.61. The zero-order valence-electron chi connectivity index (χ0n) is 15.9. The standard InChI is InChI=1S/C19H20F2N4O2S/c1-10-9-11(2)25(24-10)12(3)17(26)23-19-22-16(13(4)28-19)14-5-7-15(8-6-14)27-18(20)21/h5-9,12,18H,1-4H3,(H,22,23,26). The lowest BCUT2D eigenvalue weighted by Crippen LogP contribution is -2.25. The van der Waals surface area contributed by atoms with Gasteiger partial charge in [0.15, 0.2) is 5.13 Å². The first-order valence-corrected chi connectivity index (χ1v) is 9.42. The highest BCUT2D eigenvalue weighted by molar-refractivity contribution is 7.16. The van der Waals surface area contributed by atoms with E-state index >= 15 is 0 Å². The van der Waals surface area contributed by atoms with Crippen LogP contribution in [0, 0.1) is 20.8 Å². The van der Waals surface area contributed by atoms with E-state index in [1.165, 1.54) is 23.5 Å². The van der Waals surface area contributed by atoms with Gasteiger partial charge >= 0.3 is 6.61 Å². The van der Waals surface area contributed by atoms with Crippen LogP contribution >= 0.6 is 11.3 Å². The third-order valence-corrected chi connectivity index (χ3v) is 5.06. The van der Waals surface area contributed by atoms with E-state index in [2.05, 4.69) is 20.1 Å². The van der Waals surface area contributed by atoms with Gasteiger partial charge in [-0.1, -0.05) is 0 Å². The molecule has 0 fully saturated rings. The van der Waals surface area contributed by atoms with E-state index in [0.717, 1.165) is 21.8 Å². The van der Waals surface area contributed by atoms with Crippen LogP contribution in [0.2, 0.25) is 0 Å². The maximum absolute atomic E-state index is 12.6. The fourth-order valence-electron chi connectivity index (χ4n) is 2.87. The number of nitrogens with one attached hydrogen (secondary N) is 1. The number of rotatable bonds is 6. The lowest BCUT2D eigenvalue weighted by molar-refractivity contribution is -0.119. The summed E-state index contributed by atoms with van der Waals surface area (Å²) < 4.78 is 30.6. The van der Waals surface area contributed by atoms with Crippen molar-refractivity contribution in [2.24, 2.45) is 0 Å². The molecule has 28 heavy (non-hydrogen) atoms. The zero-order chi connectivity index (χ0) is 20.4. The van der Waals surface area contributed by atoms with E-state index < -0.39 is 12.7 Å². The Balaban J connectivity index is 1.75. The molecule has 0 saturated carbocycles. The summed E-state index contributed by atoms with van der Waals surface area (Å²) in [5, 5.41) is 7.65. The monoisotopic (exact) mass is 406 g/mol. The minimum absolute atomic E-state index is 0.0823. The number of benzene rings is 1. The van der Waals surface area contributed by atoms with Gasteiger partial charge in [-0.05, 0) is 58.0 Å². The Labute approximate surface area is 165 Å². The number of hydrogen-bond acceptors (Lipinski definition) is 5. The molecular formula is C19H20F2N4O2S. The number of anilines is 1. The maximum atomic E-state index is 12.6. The van der Waals surface area contributed by atoms with E-state index in [4.69, 9.17) is 0 Å². The molecule has 2 heterocycles. The third kappa shape index (κ3) is 4.36. The van der Waals surface area contributed by atoms with Crippen molar-refractivity contribution in [1.82, 2.24) is 14.8 Å². The Morgan fingerprint density at radius 3 is 2.46 bits per heavy atom. The van der Waals surface area contributed by atoms with E-state index in [1.54, 1.807) is 23.7 Å². The average Bonchev–Trinajstić information content (AvgIpc) is 3.15. The summed E-state index contributed by atoms with van der Waals surface area (Å²) in [7, 11) is 0. The number of aryl methyl sites for hydroxylation is 3. The smallest absolute Gasteiger partial charge is 0.387 e. The van der Waals surface area contributed by atoms with Gasteiger partial charge in [-0.3, -0.25) is 9.48 Å². The molecule has 1 unspecified atom stereocenters. The first kappa shape index (κ1) is 19.9. The Morgan fingerprint density at radius 1 is 1.21 bits per heavy atom. The zero-order valence-corrected chi connectivity index (χ0v) is 16.7. The number of alkyl halides is 2. The van der Waals surface area contributed by atoms with Crippen molar-refractivity contribution in [1.29, 1.82) is 0 Å². The van der Waals surface area contributed by atoms with E-state index in [9.17, 15) is 13.6 Å². The molecule has 9 heteroatoms. The van der Waals surface area contributed by atoms with Crippen LogP contribution in [-0.4, -0.2) is 27.3 Å². The molecule has 0 aliphatic rings. The van der Waals surface area contributed by atoms with Gasteiger partial charge in [0.1, 0.15) is 11.8 Å². The molecular weight excluding hydrogens is 386 g/mol.